The van der Waals surface area contributed by atoms with E-state index in [2.05, 4.69) is 25.7 Å². The van der Waals surface area contributed by atoms with E-state index in [0.29, 0.717) is 21.1 Å². The number of hydrogen-bond donors (Lipinski definition) is 0. The molecule has 7 heteroatoms. The highest BCUT2D eigenvalue weighted by Crippen LogP contribution is 2.38. The summed E-state index contributed by atoms with van der Waals surface area (Å²) in [5, 5.41) is 1.17. The average molecular weight is 533 g/mol. The third-order valence-electron chi connectivity index (χ3n) is 6.73. The van der Waals surface area contributed by atoms with Crippen molar-refractivity contribution in [2.45, 2.75) is 88.7 Å². The molecule has 0 radical (unpaired) electrons. The van der Waals surface area contributed by atoms with E-state index in [4.69, 9.17) is 16.3 Å². The first-order valence-electron chi connectivity index (χ1n) is 13.2. The van der Waals surface area contributed by atoms with Crippen LogP contribution in [0.2, 0.25) is 5.02 Å². The van der Waals surface area contributed by atoms with Crippen molar-refractivity contribution >= 4 is 32.3 Å². The summed E-state index contributed by atoms with van der Waals surface area (Å²) in [4.78, 5) is 3.00. The molecule has 0 aliphatic carbocycles. The number of benzene rings is 2. The van der Waals surface area contributed by atoms with E-state index >= 15 is 0 Å². The normalized spacial score (nSPS) is 13.1. The molecular formula is C29H41ClN2O3S. The Morgan fingerprint density at radius 2 is 1.58 bits per heavy atom. The maximum absolute atomic E-state index is 13.9. The SMILES string of the molecule is CCCCN(CCCC)C(CC)Oc1ccc(S(=O)(=O)c2c(C(C)C)n(C)c3ccc(Cl)cc23)cc1. The van der Waals surface area contributed by atoms with Crippen LogP contribution in [0.15, 0.2) is 52.3 Å². The van der Waals surface area contributed by atoms with E-state index < -0.39 is 9.84 Å². The highest BCUT2D eigenvalue weighted by atomic mass is 35.5. The molecule has 0 saturated carbocycles. The van der Waals surface area contributed by atoms with Crippen molar-refractivity contribution in [1.82, 2.24) is 9.47 Å². The van der Waals surface area contributed by atoms with Crippen LogP contribution in [0.5, 0.6) is 5.75 Å². The molecule has 36 heavy (non-hydrogen) atoms. The lowest BCUT2D eigenvalue weighted by Gasteiger charge is -2.31. The van der Waals surface area contributed by atoms with Gasteiger partial charge in [0.1, 0.15) is 10.6 Å². The van der Waals surface area contributed by atoms with Gasteiger partial charge >= 0.3 is 0 Å². The summed E-state index contributed by atoms with van der Waals surface area (Å²) in [5.74, 6) is 0.708. The molecule has 1 atom stereocenters. The summed E-state index contributed by atoms with van der Waals surface area (Å²) >= 11 is 6.28. The predicted octanol–water partition coefficient (Wildman–Crippen LogP) is 7.81. The molecule has 198 valence electrons. The van der Waals surface area contributed by atoms with Crippen LogP contribution in [0.25, 0.3) is 10.9 Å². The number of ether oxygens (including phenoxy) is 1. The first kappa shape index (κ1) is 28.5. The van der Waals surface area contributed by atoms with E-state index in [0.717, 1.165) is 56.4 Å². The van der Waals surface area contributed by atoms with Crippen molar-refractivity contribution in [2.24, 2.45) is 7.05 Å². The lowest BCUT2D eigenvalue weighted by molar-refractivity contribution is 0.0202. The Morgan fingerprint density at radius 3 is 2.11 bits per heavy atom. The molecule has 0 spiro atoms. The minimum absolute atomic E-state index is 0.0242. The summed E-state index contributed by atoms with van der Waals surface area (Å²) in [5.41, 5.74) is 1.63. The summed E-state index contributed by atoms with van der Waals surface area (Å²) in [6, 6.07) is 12.3. The molecule has 1 heterocycles. The molecule has 0 bridgehead atoms. The van der Waals surface area contributed by atoms with Crippen molar-refractivity contribution in [3.63, 3.8) is 0 Å². The molecular weight excluding hydrogens is 492 g/mol. The van der Waals surface area contributed by atoms with Gasteiger partial charge in [0.15, 0.2) is 6.23 Å². The predicted molar refractivity (Wildman–Crippen MR) is 150 cm³/mol. The molecule has 1 aromatic heterocycles. The molecule has 0 aliphatic rings. The van der Waals surface area contributed by atoms with Gasteiger partial charge in [0.05, 0.1) is 4.90 Å². The van der Waals surface area contributed by atoms with Gasteiger partial charge in [-0.1, -0.05) is 59.1 Å². The number of rotatable bonds is 13. The van der Waals surface area contributed by atoms with E-state index in [1.807, 2.05) is 31.5 Å². The summed E-state index contributed by atoms with van der Waals surface area (Å²) in [6.45, 7) is 12.6. The zero-order chi connectivity index (χ0) is 26.5. The molecule has 2 aromatic carbocycles. The third-order valence-corrected chi connectivity index (χ3v) is 8.83. The van der Waals surface area contributed by atoms with Gasteiger partial charge in [-0.25, -0.2) is 8.42 Å². The Kier molecular flexibility index (Phi) is 9.90. The Hall–Kier alpha value is -2.02. The Labute approximate surface area is 222 Å². The largest absolute Gasteiger partial charge is 0.475 e. The van der Waals surface area contributed by atoms with Crippen LogP contribution in [-0.4, -0.2) is 37.2 Å². The second-order valence-electron chi connectivity index (χ2n) is 9.79. The minimum atomic E-state index is -3.77. The molecule has 3 rings (SSSR count). The smallest absolute Gasteiger partial charge is 0.209 e. The fraction of sp³-hybridized carbons (Fsp3) is 0.517. The monoisotopic (exact) mass is 532 g/mol. The highest BCUT2D eigenvalue weighted by Gasteiger charge is 2.29. The first-order chi connectivity index (χ1) is 17.1. The van der Waals surface area contributed by atoms with Gasteiger partial charge in [-0.3, -0.25) is 4.90 Å². The topological polar surface area (TPSA) is 51.5 Å². The Bertz CT molecular complexity index is 1240. The van der Waals surface area contributed by atoms with Crippen LogP contribution >= 0.6 is 11.6 Å². The number of fused-ring (bicyclic) bond motifs is 1. The van der Waals surface area contributed by atoms with Crippen molar-refractivity contribution in [1.29, 1.82) is 0 Å². The summed E-state index contributed by atoms with van der Waals surface area (Å²) < 4.78 is 36.2. The van der Waals surface area contributed by atoms with E-state index in [9.17, 15) is 8.42 Å². The Balaban J connectivity index is 1.95. The Morgan fingerprint density at radius 1 is 0.972 bits per heavy atom. The van der Waals surface area contributed by atoms with Crippen LogP contribution in [-0.2, 0) is 16.9 Å². The quantitative estimate of drug-likeness (QED) is 0.211. The molecule has 0 N–H and O–H groups in total. The van der Waals surface area contributed by atoms with E-state index in [-0.39, 0.29) is 17.0 Å². The number of unbranched alkanes of at least 4 members (excludes halogenated alkanes) is 2. The maximum atomic E-state index is 13.9. The van der Waals surface area contributed by atoms with Gasteiger partial charge in [0.2, 0.25) is 9.84 Å². The van der Waals surface area contributed by atoms with Gasteiger partial charge < -0.3 is 9.30 Å². The van der Waals surface area contributed by atoms with Crippen LogP contribution < -0.4 is 4.74 Å². The standard InChI is InChI=1S/C29H41ClN2O3S/c1-7-10-18-32(19-11-8-2)27(9-3)35-23-13-15-24(16-14-23)36(33,34)29-25-20-22(30)12-17-26(25)31(6)28(29)21(4)5/h12-17,20-21,27H,7-11,18-19H2,1-6H3. The zero-order valence-electron chi connectivity index (χ0n) is 22.6. The fourth-order valence-electron chi connectivity index (χ4n) is 4.85. The van der Waals surface area contributed by atoms with Crippen LogP contribution in [0.4, 0.5) is 0 Å². The number of nitrogens with zero attached hydrogens (tertiary/aromatic N) is 2. The average Bonchev–Trinajstić information content (AvgIpc) is 3.15. The van der Waals surface area contributed by atoms with Crippen LogP contribution in [0, 0.1) is 0 Å². The molecule has 0 saturated heterocycles. The number of aromatic nitrogens is 1. The van der Waals surface area contributed by atoms with Gasteiger partial charge in [-0.15, -0.1) is 0 Å². The first-order valence-corrected chi connectivity index (χ1v) is 15.0. The number of hydrogen-bond acceptors (Lipinski definition) is 4. The van der Waals surface area contributed by atoms with E-state index in [1.165, 1.54) is 0 Å². The van der Waals surface area contributed by atoms with Gasteiger partial charge in [-0.05, 0) is 67.6 Å². The number of halogens is 1. The van der Waals surface area contributed by atoms with Crippen molar-refractivity contribution in [3.05, 3.63) is 53.2 Å². The zero-order valence-corrected chi connectivity index (χ0v) is 24.1. The molecule has 1 unspecified atom stereocenters. The molecule has 0 fully saturated rings. The third kappa shape index (κ3) is 6.09. The van der Waals surface area contributed by atoms with Gasteiger partial charge in [-0.2, -0.15) is 0 Å². The van der Waals surface area contributed by atoms with Crippen LogP contribution in [0.3, 0.4) is 0 Å². The second kappa shape index (κ2) is 12.5. The lowest BCUT2D eigenvalue weighted by atomic mass is 10.1. The molecule has 0 amide bonds. The molecule has 3 aromatic rings. The lowest BCUT2D eigenvalue weighted by Crippen LogP contribution is -2.40. The molecule has 0 aliphatic heterocycles. The van der Waals surface area contributed by atoms with Gasteiger partial charge in [0, 0.05) is 41.8 Å². The highest BCUT2D eigenvalue weighted by molar-refractivity contribution is 7.91. The number of sulfone groups is 1. The molecule has 5 nitrogen and oxygen atoms in total. The number of aryl methyl sites for hydroxylation is 1. The van der Waals surface area contributed by atoms with Crippen molar-refractivity contribution < 1.29 is 13.2 Å². The summed E-state index contributed by atoms with van der Waals surface area (Å²) in [7, 11) is -1.86. The fourth-order valence-corrected chi connectivity index (χ4v) is 6.85. The van der Waals surface area contributed by atoms with Gasteiger partial charge in [0.25, 0.3) is 0 Å². The maximum Gasteiger partial charge on any atom is 0.209 e. The van der Waals surface area contributed by atoms with Crippen molar-refractivity contribution in [2.75, 3.05) is 13.1 Å². The van der Waals surface area contributed by atoms with Crippen LogP contribution in [0.1, 0.15) is 78.3 Å². The second-order valence-corrected chi connectivity index (χ2v) is 12.1. The summed E-state index contributed by atoms with van der Waals surface area (Å²) in [6.07, 6.45) is 5.38. The minimum Gasteiger partial charge on any atom is -0.475 e. The van der Waals surface area contributed by atoms with E-state index in [1.54, 1.807) is 36.4 Å². The van der Waals surface area contributed by atoms with Crippen molar-refractivity contribution in [3.8, 4) is 5.75 Å².